The van der Waals surface area contributed by atoms with Crippen LogP contribution in [0.2, 0.25) is 0 Å². The molecule has 1 unspecified atom stereocenters. The quantitative estimate of drug-likeness (QED) is 0.747. The van der Waals surface area contributed by atoms with E-state index in [4.69, 9.17) is 10.8 Å². The number of carboxylic acids is 1. The van der Waals surface area contributed by atoms with E-state index < -0.39 is 5.97 Å². The van der Waals surface area contributed by atoms with Crippen molar-refractivity contribution in [2.75, 3.05) is 11.9 Å². The first-order chi connectivity index (χ1) is 9.01. The fraction of sp³-hybridized carbons (Fsp3) is 0.385. The number of para-hydroxylation sites is 1. The maximum atomic E-state index is 12.1. The van der Waals surface area contributed by atoms with Crippen LogP contribution in [-0.2, 0) is 4.79 Å². The second-order valence-corrected chi connectivity index (χ2v) is 5.03. The van der Waals surface area contributed by atoms with Crippen LogP contribution in [0, 0.1) is 5.92 Å². The molecule has 0 aliphatic rings. The Kier molecular flexibility index (Phi) is 5.98. The Morgan fingerprint density at radius 1 is 1.47 bits per heavy atom. The first-order valence-corrected chi connectivity index (χ1v) is 6.83. The van der Waals surface area contributed by atoms with Gasteiger partial charge >= 0.3 is 5.97 Å². The Hall–Kier alpha value is -1.40. The molecule has 0 fully saturated rings. The Morgan fingerprint density at radius 2 is 2.16 bits per heavy atom. The third-order valence-corrected chi connectivity index (χ3v) is 3.45. The molecule has 0 saturated heterocycles. The zero-order valence-corrected chi connectivity index (χ0v) is 12.2. The van der Waals surface area contributed by atoms with E-state index in [2.05, 4.69) is 21.2 Å². The van der Waals surface area contributed by atoms with Gasteiger partial charge in [0.05, 0.1) is 17.2 Å². The van der Waals surface area contributed by atoms with Gasteiger partial charge in [0.2, 0.25) is 5.91 Å². The van der Waals surface area contributed by atoms with E-state index >= 15 is 0 Å². The molecule has 0 aromatic heterocycles. The number of rotatable bonds is 6. The largest absolute Gasteiger partial charge is 0.478 e. The fourth-order valence-corrected chi connectivity index (χ4v) is 2.22. The van der Waals surface area contributed by atoms with Crippen LogP contribution in [0.4, 0.5) is 5.69 Å². The number of carboxylic acid groups (broad SMARTS) is 1. The molecule has 0 saturated carbocycles. The summed E-state index contributed by atoms with van der Waals surface area (Å²) in [7, 11) is 0. The summed E-state index contributed by atoms with van der Waals surface area (Å²) in [5.74, 6) is -1.64. The van der Waals surface area contributed by atoms with Crippen molar-refractivity contribution in [2.45, 2.75) is 19.8 Å². The molecule has 0 radical (unpaired) electrons. The van der Waals surface area contributed by atoms with Gasteiger partial charge in [0.25, 0.3) is 0 Å². The highest BCUT2D eigenvalue weighted by atomic mass is 79.9. The number of amides is 1. The summed E-state index contributed by atoms with van der Waals surface area (Å²) in [6.45, 7) is 2.21. The van der Waals surface area contributed by atoms with Crippen LogP contribution in [-0.4, -0.2) is 23.5 Å². The molecule has 0 heterocycles. The monoisotopic (exact) mass is 328 g/mol. The van der Waals surface area contributed by atoms with Gasteiger partial charge in [-0.25, -0.2) is 4.79 Å². The summed E-state index contributed by atoms with van der Waals surface area (Å²) >= 11 is 3.24. The number of aromatic carboxylic acids is 1. The van der Waals surface area contributed by atoms with Crippen molar-refractivity contribution in [3.8, 4) is 0 Å². The zero-order chi connectivity index (χ0) is 14.4. The zero-order valence-electron chi connectivity index (χ0n) is 10.6. The number of hydrogen-bond donors (Lipinski definition) is 3. The molecular formula is C13H17BrN2O3. The molecule has 1 aromatic carbocycles. The Labute approximate surface area is 120 Å². The van der Waals surface area contributed by atoms with E-state index in [9.17, 15) is 9.59 Å². The minimum absolute atomic E-state index is 0.0509. The SMILES string of the molecule is CCCC(CN)C(=O)Nc1c(Br)cccc1C(=O)O. The van der Waals surface area contributed by atoms with Crippen molar-refractivity contribution in [1.29, 1.82) is 0 Å². The van der Waals surface area contributed by atoms with Gasteiger partial charge in [-0.05, 0) is 34.5 Å². The van der Waals surface area contributed by atoms with Crippen molar-refractivity contribution in [3.05, 3.63) is 28.2 Å². The van der Waals surface area contributed by atoms with Gasteiger partial charge in [0, 0.05) is 11.0 Å². The number of halogens is 1. The van der Waals surface area contributed by atoms with Crippen LogP contribution >= 0.6 is 15.9 Å². The maximum Gasteiger partial charge on any atom is 0.337 e. The molecule has 0 aliphatic carbocycles. The van der Waals surface area contributed by atoms with Gasteiger partial charge in [0.1, 0.15) is 0 Å². The lowest BCUT2D eigenvalue weighted by Gasteiger charge is -2.16. The van der Waals surface area contributed by atoms with Crippen LogP contribution in [0.5, 0.6) is 0 Å². The number of benzene rings is 1. The fourth-order valence-electron chi connectivity index (χ4n) is 1.76. The van der Waals surface area contributed by atoms with Gasteiger partial charge in [-0.15, -0.1) is 0 Å². The summed E-state index contributed by atoms with van der Waals surface area (Å²) < 4.78 is 0.535. The normalized spacial score (nSPS) is 11.9. The lowest BCUT2D eigenvalue weighted by molar-refractivity contribution is -0.119. The van der Waals surface area contributed by atoms with Crippen molar-refractivity contribution < 1.29 is 14.7 Å². The summed E-state index contributed by atoms with van der Waals surface area (Å²) in [5, 5.41) is 11.8. The molecule has 104 valence electrons. The molecule has 0 spiro atoms. The number of nitrogens with two attached hydrogens (primary N) is 1. The highest BCUT2D eigenvalue weighted by Gasteiger charge is 2.20. The van der Waals surface area contributed by atoms with Crippen LogP contribution in [0.15, 0.2) is 22.7 Å². The van der Waals surface area contributed by atoms with E-state index in [1.165, 1.54) is 6.07 Å². The first-order valence-electron chi connectivity index (χ1n) is 6.04. The second kappa shape index (κ2) is 7.25. The number of hydrogen-bond acceptors (Lipinski definition) is 3. The van der Waals surface area contributed by atoms with Crippen LogP contribution in [0.25, 0.3) is 0 Å². The molecular weight excluding hydrogens is 312 g/mol. The van der Waals surface area contributed by atoms with Crippen LogP contribution < -0.4 is 11.1 Å². The number of anilines is 1. The molecule has 19 heavy (non-hydrogen) atoms. The van der Waals surface area contributed by atoms with Crippen LogP contribution in [0.1, 0.15) is 30.1 Å². The van der Waals surface area contributed by atoms with Crippen molar-refractivity contribution in [2.24, 2.45) is 11.7 Å². The molecule has 1 aromatic rings. The molecule has 4 N–H and O–H groups in total. The van der Waals surface area contributed by atoms with Crippen molar-refractivity contribution in [1.82, 2.24) is 0 Å². The Balaban J connectivity index is 2.98. The van der Waals surface area contributed by atoms with Gasteiger partial charge in [-0.1, -0.05) is 19.4 Å². The molecule has 1 atom stereocenters. The van der Waals surface area contributed by atoms with E-state index in [-0.39, 0.29) is 29.6 Å². The highest BCUT2D eigenvalue weighted by Crippen LogP contribution is 2.27. The standard InChI is InChI=1S/C13H17BrN2O3/c1-2-4-8(7-15)12(17)16-11-9(13(18)19)5-3-6-10(11)14/h3,5-6,8H,2,4,7,15H2,1H3,(H,16,17)(H,18,19). The number of carbonyl (C=O) groups excluding carboxylic acids is 1. The smallest absolute Gasteiger partial charge is 0.337 e. The molecule has 6 heteroatoms. The first kappa shape index (κ1) is 15.7. The van der Waals surface area contributed by atoms with Gasteiger partial charge < -0.3 is 16.2 Å². The topological polar surface area (TPSA) is 92.4 Å². The van der Waals surface area contributed by atoms with E-state index in [1.54, 1.807) is 12.1 Å². The molecule has 5 nitrogen and oxygen atoms in total. The second-order valence-electron chi connectivity index (χ2n) is 4.18. The average molecular weight is 329 g/mol. The molecule has 1 amide bonds. The van der Waals surface area contributed by atoms with Crippen LogP contribution in [0.3, 0.4) is 0 Å². The predicted molar refractivity (Wildman–Crippen MR) is 77.2 cm³/mol. The van der Waals surface area contributed by atoms with Crippen molar-refractivity contribution in [3.63, 3.8) is 0 Å². The summed E-state index contributed by atoms with van der Waals surface area (Å²) in [6, 6.07) is 4.73. The lowest BCUT2D eigenvalue weighted by atomic mass is 10.0. The maximum absolute atomic E-state index is 12.1. The van der Waals surface area contributed by atoms with Gasteiger partial charge in [-0.3, -0.25) is 4.79 Å². The van der Waals surface area contributed by atoms with Gasteiger partial charge in [-0.2, -0.15) is 0 Å². The van der Waals surface area contributed by atoms with E-state index in [0.717, 1.165) is 6.42 Å². The highest BCUT2D eigenvalue weighted by molar-refractivity contribution is 9.10. The van der Waals surface area contributed by atoms with E-state index in [1.807, 2.05) is 6.92 Å². The Bertz CT molecular complexity index is 477. The summed E-state index contributed by atoms with van der Waals surface area (Å²) in [6.07, 6.45) is 1.52. The third-order valence-electron chi connectivity index (χ3n) is 2.78. The summed E-state index contributed by atoms with van der Waals surface area (Å²) in [4.78, 5) is 23.2. The third kappa shape index (κ3) is 4.04. The van der Waals surface area contributed by atoms with Gasteiger partial charge in [0.15, 0.2) is 0 Å². The summed E-state index contributed by atoms with van der Waals surface area (Å²) in [5.41, 5.74) is 5.88. The minimum atomic E-state index is -1.09. The Morgan fingerprint density at radius 3 is 2.68 bits per heavy atom. The average Bonchev–Trinajstić information content (AvgIpc) is 2.37. The number of nitrogens with one attached hydrogen (secondary N) is 1. The molecule has 0 aliphatic heterocycles. The molecule has 1 rings (SSSR count). The molecule has 0 bridgehead atoms. The van der Waals surface area contributed by atoms with E-state index in [0.29, 0.717) is 10.9 Å². The minimum Gasteiger partial charge on any atom is -0.478 e. The number of carbonyl (C=O) groups is 2. The lowest BCUT2D eigenvalue weighted by Crippen LogP contribution is -2.29. The predicted octanol–water partition coefficient (Wildman–Crippen LogP) is 2.46. The van der Waals surface area contributed by atoms with Crippen molar-refractivity contribution >= 4 is 33.5 Å².